The van der Waals surface area contributed by atoms with Crippen molar-refractivity contribution in [3.63, 3.8) is 0 Å². The van der Waals surface area contributed by atoms with Gasteiger partial charge in [0.2, 0.25) is 10.0 Å². The Hall–Kier alpha value is -1.07. The molecule has 3 heterocycles. The molecule has 5 rings (SSSR count). The van der Waals surface area contributed by atoms with Crippen LogP contribution < -0.4 is 20.7 Å². The highest BCUT2D eigenvalue weighted by molar-refractivity contribution is 7.90. The van der Waals surface area contributed by atoms with Crippen LogP contribution in [-0.4, -0.2) is 69.9 Å². The molecule has 4 fully saturated rings. The Labute approximate surface area is 249 Å². The second-order valence-corrected chi connectivity index (χ2v) is 15.8. The van der Waals surface area contributed by atoms with Gasteiger partial charge in [-0.3, -0.25) is 15.5 Å². The molecule has 0 spiro atoms. The van der Waals surface area contributed by atoms with Gasteiger partial charge in [0, 0.05) is 25.0 Å². The van der Waals surface area contributed by atoms with Crippen LogP contribution in [0.5, 0.6) is 0 Å². The zero-order valence-corrected chi connectivity index (χ0v) is 26.6. The highest BCUT2D eigenvalue weighted by Crippen LogP contribution is 2.33. The first-order valence-corrected chi connectivity index (χ1v) is 17.9. The lowest BCUT2D eigenvalue weighted by molar-refractivity contribution is -0.0477. The number of benzene rings is 1. The predicted octanol–water partition coefficient (Wildman–Crippen LogP) is 4.15. The Morgan fingerprint density at radius 1 is 1.02 bits per heavy atom. The number of nitrogens with one attached hydrogen (secondary N) is 4. The third-order valence-electron chi connectivity index (χ3n) is 10.0. The normalized spacial score (nSPS) is 34.0. The van der Waals surface area contributed by atoms with Crippen LogP contribution in [0.4, 0.5) is 0 Å². The van der Waals surface area contributed by atoms with Crippen LogP contribution >= 0.6 is 0 Å². The molecule has 9 heteroatoms. The average molecular weight is 590 g/mol. The standard InChI is InChI=1S/C32H55N5O3S/c1-22(2)17-27-21-40-30-19-29(31-23(3)7-5-8-24(31)4)34-32(35-30)36-41(38,39)28-10-6-9-26(18-28)20-37(27)16-13-25-11-14-33-15-12-25/h5,7-8,22,25-30,32-36H,6,9-21H2,1-4H3/t26?,27-,28?,29?,30?,32?/m1/s1. The first-order chi connectivity index (χ1) is 19.7. The molecule has 4 aliphatic rings. The lowest BCUT2D eigenvalue weighted by Gasteiger charge is -2.40. The fraction of sp³-hybridized carbons (Fsp3) is 0.812. The molecule has 3 saturated heterocycles. The van der Waals surface area contributed by atoms with E-state index in [2.05, 4.69) is 71.5 Å². The summed E-state index contributed by atoms with van der Waals surface area (Å²) >= 11 is 0. The maximum Gasteiger partial charge on any atom is 0.216 e. The molecular weight excluding hydrogens is 534 g/mol. The van der Waals surface area contributed by atoms with Crippen molar-refractivity contribution >= 4 is 10.0 Å². The summed E-state index contributed by atoms with van der Waals surface area (Å²) in [5, 5.41) is 10.2. The molecule has 4 bridgehead atoms. The smallest absolute Gasteiger partial charge is 0.216 e. The highest BCUT2D eigenvalue weighted by Gasteiger charge is 2.39. The Bertz CT molecular complexity index is 1070. The number of rotatable bonds is 6. The fourth-order valence-electron chi connectivity index (χ4n) is 7.86. The number of ether oxygens (including phenoxy) is 1. The van der Waals surface area contributed by atoms with E-state index in [4.69, 9.17) is 4.74 Å². The Kier molecular flexibility index (Phi) is 10.8. The maximum absolute atomic E-state index is 13.8. The van der Waals surface area contributed by atoms with Crippen molar-refractivity contribution in [3.05, 3.63) is 34.9 Å². The van der Waals surface area contributed by atoms with Gasteiger partial charge in [0.25, 0.3) is 0 Å². The summed E-state index contributed by atoms with van der Waals surface area (Å²) in [5.41, 5.74) is 3.69. The molecule has 1 saturated carbocycles. The van der Waals surface area contributed by atoms with E-state index in [1.165, 1.54) is 36.0 Å². The second kappa shape index (κ2) is 14.1. The van der Waals surface area contributed by atoms with Crippen molar-refractivity contribution in [2.75, 3.05) is 32.8 Å². The summed E-state index contributed by atoms with van der Waals surface area (Å²) in [5.74, 6) is 1.74. The molecule has 1 aliphatic carbocycles. The molecule has 4 N–H and O–H groups in total. The van der Waals surface area contributed by atoms with E-state index >= 15 is 0 Å². The largest absolute Gasteiger partial charge is 0.362 e. The molecule has 5 unspecified atom stereocenters. The van der Waals surface area contributed by atoms with E-state index < -0.39 is 16.3 Å². The SMILES string of the molecule is Cc1cccc(C)c1C1CC2NC(N1)NS(=O)(=O)C1CCCC(C1)CN(CCC1CCNCC1)[C@H](CC(C)C)CO2. The van der Waals surface area contributed by atoms with Crippen molar-refractivity contribution < 1.29 is 13.2 Å². The summed E-state index contributed by atoms with van der Waals surface area (Å²) in [6, 6.07) is 6.71. The predicted molar refractivity (Wildman–Crippen MR) is 166 cm³/mol. The third kappa shape index (κ3) is 8.31. The topological polar surface area (TPSA) is 94.7 Å². The van der Waals surface area contributed by atoms with Gasteiger partial charge in [0.1, 0.15) is 12.5 Å². The molecule has 3 aliphatic heterocycles. The summed E-state index contributed by atoms with van der Waals surface area (Å²) in [4.78, 5) is 2.70. The van der Waals surface area contributed by atoms with E-state index in [0.717, 1.165) is 70.6 Å². The van der Waals surface area contributed by atoms with Crippen molar-refractivity contribution in [2.45, 2.75) is 115 Å². The molecule has 0 radical (unpaired) electrons. The lowest BCUT2D eigenvalue weighted by Crippen LogP contribution is -2.64. The second-order valence-electron chi connectivity index (χ2n) is 13.8. The molecule has 232 valence electrons. The van der Waals surface area contributed by atoms with Crippen molar-refractivity contribution in [1.29, 1.82) is 0 Å². The molecule has 41 heavy (non-hydrogen) atoms. The van der Waals surface area contributed by atoms with Crippen LogP contribution in [0.1, 0.15) is 94.4 Å². The van der Waals surface area contributed by atoms with Gasteiger partial charge in [-0.25, -0.2) is 8.42 Å². The van der Waals surface area contributed by atoms with E-state index in [1.54, 1.807) is 0 Å². The summed E-state index contributed by atoms with van der Waals surface area (Å²) in [7, 11) is -3.51. The van der Waals surface area contributed by atoms with Gasteiger partial charge in [-0.1, -0.05) is 38.5 Å². The molecule has 0 aromatic heterocycles. The van der Waals surface area contributed by atoms with Gasteiger partial charge < -0.3 is 10.1 Å². The van der Waals surface area contributed by atoms with Gasteiger partial charge >= 0.3 is 0 Å². The summed E-state index contributed by atoms with van der Waals surface area (Å²) in [6.45, 7) is 13.9. The van der Waals surface area contributed by atoms with Crippen LogP contribution in [-0.2, 0) is 14.8 Å². The quantitative estimate of drug-likeness (QED) is 0.396. The van der Waals surface area contributed by atoms with Gasteiger partial charge in [-0.2, -0.15) is 4.72 Å². The Morgan fingerprint density at radius 2 is 1.78 bits per heavy atom. The fourth-order valence-corrected chi connectivity index (χ4v) is 9.52. The minimum Gasteiger partial charge on any atom is -0.362 e. The molecule has 6 atom stereocenters. The first kappa shape index (κ1) is 31.4. The van der Waals surface area contributed by atoms with Crippen LogP contribution in [0.15, 0.2) is 18.2 Å². The van der Waals surface area contributed by atoms with Crippen LogP contribution in [0, 0.1) is 31.6 Å². The molecule has 8 nitrogen and oxygen atoms in total. The minimum absolute atomic E-state index is 0.000977. The van der Waals surface area contributed by atoms with E-state index in [0.29, 0.717) is 24.5 Å². The summed E-state index contributed by atoms with van der Waals surface area (Å²) < 4.78 is 37.3. The van der Waals surface area contributed by atoms with Crippen LogP contribution in [0.25, 0.3) is 0 Å². The number of hydrogen-bond donors (Lipinski definition) is 4. The summed E-state index contributed by atoms with van der Waals surface area (Å²) in [6.07, 6.45) is 8.34. The number of hydrogen-bond acceptors (Lipinski definition) is 7. The lowest BCUT2D eigenvalue weighted by atomic mass is 9.87. The van der Waals surface area contributed by atoms with Crippen LogP contribution in [0.3, 0.4) is 0 Å². The van der Waals surface area contributed by atoms with Crippen molar-refractivity contribution in [2.24, 2.45) is 17.8 Å². The Balaban J connectivity index is 1.42. The van der Waals surface area contributed by atoms with Crippen molar-refractivity contribution in [3.8, 4) is 0 Å². The van der Waals surface area contributed by atoms with Gasteiger partial charge in [-0.05, 0) is 113 Å². The highest BCUT2D eigenvalue weighted by atomic mass is 32.2. The van der Waals surface area contributed by atoms with Gasteiger partial charge in [0.05, 0.1) is 11.9 Å². The number of aryl methyl sites for hydroxylation is 2. The first-order valence-electron chi connectivity index (χ1n) is 16.3. The van der Waals surface area contributed by atoms with E-state index in [-0.39, 0.29) is 17.5 Å². The Morgan fingerprint density at radius 3 is 2.51 bits per heavy atom. The maximum atomic E-state index is 13.8. The van der Waals surface area contributed by atoms with E-state index in [9.17, 15) is 8.42 Å². The minimum atomic E-state index is -3.51. The third-order valence-corrected chi connectivity index (χ3v) is 11.9. The zero-order valence-electron chi connectivity index (χ0n) is 25.8. The molecular formula is C32H55N5O3S. The molecule has 1 aromatic carbocycles. The van der Waals surface area contributed by atoms with E-state index in [1.807, 2.05) is 0 Å². The number of sulfonamides is 1. The zero-order chi connectivity index (χ0) is 29.0. The van der Waals surface area contributed by atoms with Crippen molar-refractivity contribution in [1.82, 2.24) is 25.6 Å². The molecule has 1 aromatic rings. The number of piperidine rings is 1. The van der Waals surface area contributed by atoms with Gasteiger partial charge in [0.15, 0.2) is 0 Å². The monoisotopic (exact) mass is 589 g/mol. The number of nitrogens with zero attached hydrogens (tertiary/aromatic N) is 1. The van der Waals surface area contributed by atoms with Gasteiger partial charge in [-0.15, -0.1) is 0 Å². The average Bonchev–Trinajstić information content (AvgIpc) is 2.93. The molecule has 0 amide bonds. The number of fused-ring (bicyclic) bond motifs is 4. The van der Waals surface area contributed by atoms with Crippen LogP contribution in [0.2, 0.25) is 0 Å².